The standard InChI is InChI=1S/C11H23NO2S/c1-8(2)9(3)15(13,14)11-6-4-5-10(12)7-11/h8-11H,4-7,12H2,1-3H3. The van der Waals surface area contributed by atoms with E-state index in [9.17, 15) is 8.42 Å². The minimum Gasteiger partial charge on any atom is -0.328 e. The SMILES string of the molecule is CC(C)C(C)S(=O)(=O)C1CCCC(N)C1. The molecule has 1 rings (SSSR count). The van der Waals surface area contributed by atoms with Gasteiger partial charge in [0.15, 0.2) is 9.84 Å². The van der Waals surface area contributed by atoms with E-state index in [1.165, 1.54) is 0 Å². The highest BCUT2D eigenvalue weighted by Crippen LogP contribution is 2.28. The van der Waals surface area contributed by atoms with E-state index in [4.69, 9.17) is 5.73 Å². The normalized spacial score (nSPS) is 30.5. The van der Waals surface area contributed by atoms with Gasteiger partial charge in [0, 0.05) is 6.04 Å². The molecule has 0 heterocycles. The number of sulfone groups is 1. The average molecular weight is 233 g/mol. The van der Waals surface area contributed by atoms with E-state index in [1.807, 2.05) is 20.8 Å². The van der Waals surface area contributed by atoms with Gasteiger partial charge in [-0.3, -0.25) is 0 Å². The van der Waals surface area contributed by atoms with Crippen molar-refractivity contribution >= 4 is 9.84 Å². The minimum atomic E-state index is -2.97. The van der Waals surface area contributed by atoms with Crippen molar-refractivity contribution in [1.82, 2.24) is 0 Å². The summed E-state index contributed by atoms with van der Waals surface area (Å²) in [5.74, 6) is 0.188. The van der Waals surface area contributed by atoms with Crippen LogP contribution in [0.25, 0.3) is 0 Å². The van der Waals surface area contributed by atoms with Crippen LogP contribution in [0.4, 0.5) is 0 Å². The van der Waals surface area contributed by atoms with Crippen LogP contribution in [0.5, 0.6) is 0 Å². The molecule has 0 bridgehead atoms. The summed E-state index contributed by atoms with van der Waals surface area (Å²) in [6, 6.07) is 0.0814. The Morgan fingerprint density at radius 1 is 1.20 bits per heavy atom. The Hall–Kier alpha value is -0.0900. The first-order valence-electron chi connectivity index (χ1n) is 5.84. The first-order chi connectivity index (χ1) is 6.85. The van der Waals surface area contributed by atoms with E-state index >= 15 is 0 Å². The maximum Gasteiger partial charge on any atom is 0.156 e. The number of nitrogens with two attached hydrogens (primary N) is 1. The molecule has 0 aromatic rings. The second-order valence-corrected chi connectivity index (χ2v) is 7.68. The van der Waals surface area contributed by atoms with Gasteiger partial charge in [-0.1, -0.05) is 20.3 Å². The molecule has 90 valence electrons. The number of hydrogen-bond acceptors (Lipinski definition) is 3. The fourth-order valence-electron chi connectivity index (χ4n) is 2.16. The molecule has 1 saturated carbocycles. The number of hydrogen-bond donors (Lipinski definition) is 1. The van der Waals surface area contributed by atoms with Crippen LogP contribution in [0, 0.1) is 5.92 Å². The highest BCUT2D eigenvalue weighted by molar-refractivity contribution is 7.92. The fourth-order valence-corrected chi connectivity index (χ4v) is 4.54. The van der Waals surface area contributed by atoms with Gasteiger partial charge in [-0.2, -0.15) is 0 Å². The molecule has 4 heteroatoms. The third-order valence-electron chi connectivity index (χ3n) is 3.59. The maximum atomic E-state index is 12.2. The molecule has 1 aliphatic carbocycles. The zero-order chi connectivity index (χ0) is 11.6. The molecular weight excluding hydrogens is 210 g/mol. The molecule has 3 unspecified atom stereocenters. The van der Waals surface area contributed by atoms with Gasteiger partial charge >= 0.3 is 0 Å². The van der Waals surface area contributed by atoms with Crippen LogP contribution in [0.1, 0.15) is 46.5 Å². The van der Waals surface area contributed by atoms with Crippen molar-refractivity contribution in [2.45, 2.75) is 63.0 Å². The molecule has 0 aromatic carbocycles. The molecule has 2 N–H and O–H groups in total. The molecule has 0 radical (unpaired) electrons. The first-order valence-corrected chi connectivity index (χ1v) is 7.45. The van der Waals surface area contributed by atoms with Crippen LogP contribution < -0.4 is 5.73 Å². The van der Waals surface area contributed by atoms with Gasteiger partial charge in [0.1, 0.15) is 0 Å². The molecule has 1 aliphatic rings. The quantitative estimate of drug-likeness (QED) is 0.807. The Morgan fingerprint density at radius 2 is 1.80 bits per heavy atom. The average Bonchev–Trinajstić information content (AvgIpc) is 2.16. The van der Waals surface area contributed by atoms with Crippen molar-refractivity contribution < 1.29 is 8.42 Å². The lowest BCUT2D eigenvalue weighted by Gasteiger charge is -2.30. The lowest BCUT2D eigenvalue weighted by Crippen LogP contribution is -2.40. The van der Waals surface area contributed by atoms with Gasteiger partial charge in [0.05, 0.1) is 10.5 Å². The van der Waals surface area contributed by atoms with Crippen LogP contribution in [-0.4, -0.2) is 25.0 Å². The third kappa shape index (κ3) is 2.94. The molecule has 1 fully saturated rings. The second kappa shape index (κ2) is 4.83. The largest absolute Gasteiger partial charge is 0.328 e. The summed E-state index contributed by atoms with van der Waals surface area (Å²) in [5, 5.41) is -0.438. The second-order valence-electron chi connectivity index (χ2n) is 5.09. The van der Waals surface area contributed by atoms with E-state index < -0.39 is 9.84 Å². The Labute approximate surface area is 93.3 Å². The van der Waals surface area contributed by atoms with Crippen molar-refractivity contribution in [3.63, 3.8) is 0 Å². The van der Waals surface area contributed by atoms with Crippen LogP contribution in [0.3, 0.4) is 0 Å². The molecule has 0 amide bonds. The van der Waals surface area contributed by atoms with E-state index in [-0.39, 0.29) is 22.5 Å². The summed E-state index contributed by atoms with van der Waals surface area (Å²) in [7, 11) is -2.97. The van der Waals surface area contributed by atoms with Gasteiger partial charge in [0.25, 0.3) is 0 Å². The van der Waals surface area contributed by atoms with E-state index in [1.54, 1.807) is 0 Å². The summed E-state index contributed by atoms with van der Waals surface area (Å²) >= 11 is 0. The van der Waals surface area contributed by atoms with Crippen molar-refractivity contribution in [3.05, 3.63) is 0 Å². The van der Waals surface area contributed by atoms with E-state index in [0.29, 0.717) is 6.42 Å². The summed E-state index contributed by atoms with van der Waals surface area (Å²) < 4.78 is 24.4. The highest BCUT2D eigenvalue weighted by Gasteiger charge is 2.35. The summed E-state index contributed by atoms with van der Waals surface area (Å²) in [5.41, 5.74) is 5.83. The Bertz CT molecular complexity index is 298. The summed E-state index contributed by atoms with van der Waals surface area (Å²) in [6.45, 7) is 5.75. The van der Waals surface area contributed by atoms with Crippen molar-refractivity contribution in [2.75, 3.05) is 0 Å². The van der Waals surface area contributed by atoms with Crippen LogP contribution in [0.2, 0.25) is 0 Å². The van der Waals surface area contributed by atoms with Crippen LogP contribution in [0.15, 0.2) is 0 Å². The molecular formula is C11H23NO2S. The van der Waals surface area contributed by atoms with E-state index in [0.717, 1.165) is 19.3 Å². The zero-order valence-corrected chi connectivity index (χ0v) is 10.8. The van der Waals surface area contributed by atoms with Gasteiger partial charge in [-0.15, -0.1) is 0 Å². The van der Waals surface area contributed by atoms with Crippen LogP contribution in [-0.2, 0) is 9.84 Å². The smallest absolute Gasteiger partial charge is 0.156 e. The Morgan fingerprint density at radius 3 is 2.27 bits per heavy atom. The molecule has 0 aromatic heterocycles. The number of rotatable bonds is 3. The molecule has 0 spiro atoms. The molecule has 3 atom stereocenters. The highest BCUT2D eigenvalue weighted by atomic mass is 32.2. The van der Waals surface area contributed by atoms with Crippen LogP contribution >= 0.6 is 0 Å². The third-order valence-corrected chi connectivity index (χ3v) is 6.53. The summed E-state index contributed by atoms with van der Waals surface area (Å²) in [4.78, 5) is 0. The maximum absolute atomic E-state index is 12.2. The first kappa shape index (κ1) is 13.0. The Balaban J connectivity index is 2.77. The predicted octanol–water partition coefficient (Wildman–Crippen LogP) is 1.72. The topological polar surface area (TPSA) is 60.2 Å². The van der Waals surface area contributed by atoms with Gasteiger partial charge in [-0.25, -0.2) is 8.42 Å². The lowest BCUT2D eigenvalue weighted by molar-refractivity contribution is 0.425. The molecule has 3 nitrogen and oxygen atoms in total. The van der Waals surface area contributed by atoms with Gasteiger partial charge in [-0.05, 0) is 32.1 Å². The van der Waals surface area contributed by atoms with Crippen molar-refractivity contribution in [3.8, 4) is 0 Å². The fraction of sp³-hybridized carbons (Fsp3) is 1.00. The van der Waals surface area contributed by atoms with Gasteiger partial charge in [0.2, 0.25) is 0 Å². The molecule has 0 saturated heterocycles. The van der Waals surface area contributed by atoms with Gasteiger partial charge < -0.3 is 5.73 Å². The molecule has 0 aliphatic heterocycles. The van der Waals surface area contributed by atoms with E-state index in [2.05, 4.69) is 0 Å². The molecule has 15 heavy (non-hydrogen) atoms. The zero-order valence-electron chi connectivity index (χ0n) is 9.94. The monoisotopic (exact) mass is 233 g/mol. The van der Waals surface area contributed by atoms with Crippen molar-refractivity contribution in [1.29, 1.82) is 0 Å². The van der Waals surface area contributed by atoms with Crippen molar-refractivity contribution in [2.24, 2.45) is 11.7 Å². The minimum absolute atomic E-state index is 0.0814. The Kier molecular flexibility index (Phi) is 4.18. The predicted molar refractivity (Wildman–Crippen MR) is 63.5 cm³/mol. The summed E-state index contributed by atoms with van der Waals surface area (Å²) in [6.07, 6.45) is 3.38. The lowest BCUT2D eigenvalue weighted by atomic mass is 9.96.